The maximum absolute atomic E-state index is 13.3. The Labute approximate surface area is 77.0 Å². The summed E-state index contributed by atoms with van der Waals surface area (Å²) < 4.78 is 18.5. The van der Waals surface area contributed by atoms with Gasteiger partial charge in [0.2, 0.25) is 0 Å². The van der Waals surface area contributed by atoms with E-state index < -0.39 is 5.82 Å². The van der Waals surface area contributed by atoms with Gasteiger partial charge in [0.05, 0.1) is 6.10 Å². The number of ether oxygens (including phenoxy) is 1. The van der Waals surface area contributed by atoms with Gasteiger partial charge < -0.3 is 9.84 Å². The summed E-state index contributed by atoms with van der Waals surface area (Å²) in [4.78, 5) is 0. The summed E-state index contributed by atoms with van der Waals surface area (Å²) in [5.74, 6) is -0.364. The molecule has 0 saturated heterocycles. The van der Waals surface area contributed by atoms with Crippen LogP contribution in [-0.4, -0.2) is 11.2 Å². The molecule has 1 N–H and O–H groups in total. The largest absolute Gasteiger partial charge is 0.488 e. The summed E-state index contributed by atoms with van der Waals surface area (Å²) in [5.41, 5.74) is 0.137. The summed E-state index contributed by atoms with van der Waals surface area (Å²) in [5, 5.41) is 8.66. The van der Waals surface area contributed by atoms with E-state index in [1.807, 2.05) is 13.8 Å². The van der Waals surface area contributed by atoms with E-state index in [0.29, 0.717) is 0 Å². The van der Waals surface area contributed by atoms with Crippen LogP contribution >= 0.6 is 0 Å². The van der Waals surface area contributed by atoms with E-state index in [2.05, 4.69) is 0 Å². The highest BCUT2D eigenvalue weighted by Crippen LogP contribution is 2.21. The van der Waals surface area contributed by atoms with Gasteiger partial charge in [-0.3, -0.25) is 0 Å². The van der Waals surface area contributed by atoms with Gasteiger partial charge in [0.15, 0.2) is 11.6 Å². The number of benzene rings is 1. The van der Waals surface area contributed by atoms with Crippen LogP contribution in [0.2, 0.25) is 0 Å². The zero-order valence-corrected chi connectivity index (χ0v) is 7.62. The Morgan fingerprint density at radius 2 is 2.15 bits per heavy atom. The second-order valence-corrected chi connectivity index (χ2v) is 2.96. The third kappa shape index (κ3) is 2.42. The van der Waals surface area contributed by atoms with Gasteiger partial charge in [-0.25, -0.2) is 4.39 Å². The average molecular weight is 183 g/mol. The zero-order chi connectivity index (χ0) is 9.84. The van der Waals surface area contributed by atoms with Crippen molar-refractivity contribution in [2.75, 3.05) is 0 Å². The SMILES string of the molecule is CC(C)Oc1cccc([CH]O)c1F. The fourth-order valence-electron chi connectivity index (χ4n) is 0.972. The first-order valence-corrected chi connectivity index (χ1v) is 4.07. The van der Waals surface area contributed by atoms with E-state index in [-0.39, 0.29) is 17.4 Å². The normalized spacial score (nSPS) is 10.5. The Kier molecular flexibility index (Phi) is 3.25. The van der Waals surface area contributed by atoms with Crippen LogP contribution in [0.1, 0.15) is 19.4 Å². The monoisotopic (exact) mass is 183 g/mol. The minimum Gasteiger partial charge on any atom is -0.488 e. The summed E-state index contributed by atoms with van der Waals surface area (Å²) in [7, 11) is 0. The molecule has 0 heterocycles. The highest BCUT2D eigenvalue weighted by Gasteiger charge is 2.09. The third-order valence-corrected chi connectivity index (χ3v) is 1.49. The van der Waals surface area contributed by atoms with Gasteiger partial charge in [0.1, 0.15) is 6.61 Å². The maximum atomic E-state index is 13.3. The van der Waals surface area contributed by atoms with Gasteiger partial charge in [-0.2, -0.15) is 0 Å². The molecule has 0 aromatic heterocycles. The van der Waals surface area contributed by atoms with Crippen molar-refractivity contribution < 1.29 is 14.2 Å². The van der Waals surface area contributed by atoms with Crippen molar-refractivity contribution in [2.24, 2.45) is 0 Å². The highest BCUT2D eigenvalue weighted by atomic mass is 19.1. The van der Waals surface area contributed by atoms with Crippen molar-refractivity contribution in [1.29, 1.82) is 0 Å². The fourth-order valence-corrected chi connectivity index (χ4v) is 0.972. The number of hydrogen-bond acceptors (Lipinski definition) is 2. The number of hydrogen-bond donors (Lipinski definition) is 1. The molecule has 1 aromatic rings. The van der Waals surface area contributed by atoms with Gasteiger partial charge in [0.25, 0.3) is 0 Å². The lowest BCUT2D eigenvalue weighted by molar-refractivity contribution is 0.230. The molecule has 0 aliphatic carbocycles. The molecule has 0 fully saturated rings. The summed E-state index contributed by atoms with van der Waals surface area (Å²) >= 11 is 0. The number of aliphatic hydroxyl groups excluding tert-OH is 1. The van der Waals surface area contributed by atoms with E-state index in [1.54, 1.807) is 6.07 Å². The molecule has 71 valence electrons. The van der Waals surface area contributed by atoms with Crippen molar-refractivity contribution in [2.45, 2.75) is 20.0 Å². The lowest BCUT2D eigenvalue weighted by Gasteiger charge is -2.11. The Bertz CT molecular complexity index is 284. The lowest BCUT2D eigenvalue weighted by Crippen LogP contribution is -2.07. The highest BCUT2D eigenvalue weighted by molar-refractivity contribution is 5.33. The molecule has 1 aromatic carbocycles. The lowest BCUT2D eigenvalue weighted by atomic mass is 10.2. The van der Waals surface area contributed by atoms with Gasteiger partial charge in [-0.15, -0.1) is 0 Å². The van der Waals surface area contributed by atoms with Gasteiger partial charge in [0, 0.05) is 5.56 Å². The smallest absolute Gasteiger partial charge is 0.170 e. The van der Waals surface area contributed by atoms with Crippen LogP contribution in [0, 0.1) is 12.4 Å². The molecule has 0 aliphatic heterocycles. The first kappa shape index (κ1) is 9.99. The number of aliphatic hydroxyl groups is 1. The first-order chi connectivity index (χ1) is 6.15. The zero-order valence-electron chi connectivity index (χ0n) is 7.62. The third-order valence-electron chi connectivity index (χ3n) is 1.49. The predicted molar refractivity (Wildman–Crippen MR) is 47.5 cm³/mol. The molecule has 0 aliphatic rings. The first-order valence-electron chi connectivity index (χ1n) is 4.07. The average Bonchev–Trinajstić information content (AvgIpc) is 2.08. The minimum atomic E-state index is -0.529. The molecule has 0 spiro atoms. The predicted octanol–water partition coefficient (Wildman–Crippen LogP) is 2.50. The van der Waals surface area contributed by atoms with E-state index in [0.717, 1.165) is 6.61 Å². The molecule has 1 radical (unpaired) electrons. The molecule has 0 bridgehead atoms. The molecular formula is C10H12FO2. The van der Waals surface area contributed by atoms with E-state index in [9.17, 15) is 4.39 Å². The summed E-state index contributed by atoms with van der Waals surface area (Å²) in [6.07, 6.45) is -0.0801. The summed E-state index contributed by atoms with van der Waals surface area (Å²) in [6, 6.07) is 4.63. The van der Waals surface area contributed by atoms with Crippen LogP contribution in [0.15, 0.2) is 18.2 Å². The molecule has 1 rings (SSSR count). The molecule has 3 heteroatoms. The van der Waals surface area contributed by atoms with Crippen molar-refractivity contribution >= 4 is 0 Å². The van der Waals surface area contributed by atoms with E-state index >= 15 is 0 Å². The standard InChI is InChI=1S/C10H12FO2/c1-7(2)13-9-5-3-4-8(6-12)10(9)11/h3-7,12H,1-2H3. The minimum absolute atomic E-state index is 0.0801. The topological polar surface area (TPSA) is 29.5 Å². The molecule has 0 atom stereocenters. The van der Waals surface area contributed by atoms with Gasteiger partial charge in [-0.1, -0.05) is 12.1 Å². The van der Waals surface area contributed by atoms with Crippen LogP contribution in [0.4, 0.5) is 4.39 Å². The Balaban J connectivity index is 2.94. The van der Waals surface area contributed by atoms with Crippen molar-refractivity contribution in [1.82, 2.24) is 0 Å². The van der Waals surface area contributed by atoms with Crippen molar-refractivity contribution in [3.05, 3.63) is 36.2 Å². The van der Waals surface area contributed by atoms with Crippen molar-refractivity contribution in [3.8, 4) is 5.75 Å². The second kappa shape index (κ2) is 4.23. The van der Waals surface area contributed by atoms with Crippen LogP contribution < -0.4 is 4.74 Å². The van der Waals surface area contributed by atoms with E-state index in [4.69, 9.17) is 9.84 Å². The molecule has 0 saturated carbocycles. The second-order valence-electron chi connectivity index (χ2n) is 2.96. The quantitative estimate of drug-likeness (QED) is 0.780. The Morgan fingerprint density at radius 1 is 1.46 bits per heavy atom. The van der Waals surface area contributed by atoms with Gasteiger partial charge in [-0.05, 0) is 19.9 Å². The fraction of sp³-hybridized carbons (Fsp3) is 0.300. The molecule has 0 unspecified atom stereocenters. The molecular weight excluding hydrogens is 171 g/mol. The molecule has 2 nitrogen and oxygen atoms in total. The Morgan fingerprint density at radius 3 is 2.69 bits per heavy atom. The van der Waals surface area contributed by atoms with Crippen molar-refractivity contribution in [3.63, 3.8) is 0 Å². The van der Waals surface area contributed by atoms with Crippen LogP contribution in [-0.2, 0) is 0 Å². The van der Waals surface area contributed by atoms with Crippen LogP contribution in [0.25, 0.3) is 0 Å². The maximum Gasteiger partial charge on any atom is 0.170 e. The number of rotatable bonds is 3. The van der Waals surface area contributed by atoms with Crippen LogP contribution in [0.5, 0.6) is 5.75 Å². The molecule has 0 amide bonds. The number of halogens is 1. The molecule has 13 heavy (non-hydrogen) atoms. The van der Waals surface area contributed by atoms with Crippen LogP contribution in [0.3, 0.4) is 0 Å². The van der Waals surface area contributed by atoms with E-state index in [1.165, 1.54) is 12.1 Å². The summed E-state index contributed by atoms with van der Waals surface area (Å²) in [6.45, 7) is 4.35. The Hall–Kier alpha value is -1.09. The van der Waals surface area contributed by atoms with Gasteiger partial charge >= 0.3 is 0 Å².